The number of hydrogen-bond donors (Lipinski definition) is 3. The van der Waals surface area contributed by atoms with Gasteiger partial charge in [-0.15, -0.1) is 0 Å². The third-order valence-corrected chi connectivity index (χ3v) is 2.90. The number of benzene rings is 1. The van der Waals surface area contributed by atoms with E-state index in [0.29, 0.717) is 6.54 Å². The Bertz CT molecular complexity index is 444. The Morgan fingerprint density at radius 1 is 1.61 bits per heavy atom. The predicted molar refractivity (Wildman–Crippen MR) is 66.7 cm³/mol. The van der Waals surface area contributed by atoms with Crippen LogP contribution in [0.1, 0.15) is 11.7 Å². The molecule has 0 saturated carbocycles. The van der Waals surface area contributed by atoms with Crippen LogP contribution in [0.15, 0.2) is 18.2 Å². The monoisotopic (exact) mass is 501 g/mol. The summed E-state index contributed by atoms with van der Waals surface area (Å²) < 4.78 is 5.69. The minimum Gasteiger partial charge on any atom is -0.480 e. The Morgan fingerprint density at radius 3 is 2.94 bits per heavy atom. The van der Waals surface area contributed by atoms with Gasteiger partial charge in [-0.3, -0.25) is 4.79 Å². The number of fused-ring (bicyclic) bond motifs is 1. The number of hydrogen-bond acceptors (Lipinski definition) is 4. The smallest absolute Gasteiger partial charge is 0.324 e. The first kappa shape index (κ1) is 13.5. The summed E-state index contributed by atoms with van der Waals surface area (Å²) in [5.41, 5.74) is 8.60. The number of anilines is 1. The van der Waals surface area contributed by atoms with Gasteiger partial charge < -0.3 is 20.8 Å². The standard InChI is InChI=1S/C11H15BN2O3.Rf/c1-12-9-4-7(14-6-11(15)16)2-3-8(9)10(5-13)17-12;/h2-4,10,14H,5-6,13H2,1H3,(H,15,16);. The summed E-state index contributed by atoms with van der Waals surface area (Å²) in [5.74, 6) is -0.880. The molecular formula is C11H15BN2O3Rf. The first-order valence-electron chi connectivity index (χ1n) is 5.57. The largest absolute Gasteiger partial charge is 0.480 e. The van der Waals surface area contributed by atoms with Crippen molar-refractivity contribution >= 4 is 24.0 Å². The summed E-state index contributed by atoms with van der Waals surface area (Å²) in [5, 5.41) is 11.4. The van der Waals surface area contributed by atoms with Gasteiger partial charge in [0.25, 0.3) is 0 Å². The number of nitrogens with one attached hydrogen (secondary N) is 1. The summed E-state index contributed by atoms with van der Waals surface area (Å²) in [6, 6.07) is 5.73. The molecule has 1 aliphatic heterocycles. The van der Waals surface area contributed by atoms with Gasteiger partial charge in [0, 0.05) is 12.2 Å². The molecule has 4 N–H and O–H groups in total. The van der Waals surface area contributed by atoms with Crippen LogP contribution in [-0.4, -0.2) is 31.1 Å². The topological polar surface area (TPSA) is 84.6 Å². The average Bonchev–Trinajstić information content (AvgIpc) is 2.63. The fraction of sp³-hybridized carbons (Fsp3) is 0.364. The Kier molecular flexibility index (Phi) is 3.91. The van der Waals surface area contributed by atoms with Crippen LogP contribution in [0.4, 0.5) is 5.69 Å². The number of nitrogens with two attached hydrogens (primary N) is 1. The van der Waals surface area contributed by atoms with Crippen LogP contribution in [0.25, 0.3) is 0 Å². The van der Waals surface area contributed by atoms with Gasteiger partial charge in [-0.25, -0.2) is 0 Å². The Hall–Kier alpha value is -2.53. The average molecular weight is 501 g/mol. The second kappa shape index (κ2) is 5.20. The third-order valence-electron chi connectivity index (χ3n) is 2.90. The number of carboxylic acid groups (broad SMARTS) is 1. The maximum absolute atomic E-state index is 10.5. The SMILES string of the molecule is CB1OC(CN)c2ccc(NCC(=O)O)cc21.[Rf]. The molecule has 0 spiro atoms. The van der Waals surface area contributed by atoms with Crippen molar-refractivity contribution in [3.05, 3.63) is 23.8 Å². The maximum atomic E-state index is 10.5. The molecule has 0 radical (unpaired) electrons. The fourth-order valence-electron chi connectivity index (χ4n) is 2.08. The molecular weight excluding hydrogens is 486 g/mol. The van der Waals surface area contributed by atoms with Gasteiger partial charge in [0.05, 0.1) is 6.10 Å². The molecule has 0 aromatic heterocycles. The van der Waals surface area contributed by atoms with Gasteiger partial charge in [0.1, 0.15) is 6.54 Å². The molecule has 1 heterocycles. The van der Waals surface area contributed by atoms with Crippen molar-refractivity contribution in [2.75, 3.05) is 18.4 Å². The van der Waals surface area contributed by atoms with Crippen LogP contribution in [0.2, 0.25) is 6.82 Å². The van der Waals surface area contributed by atoms with E-state index in [-0.39, 0.29) is 19.6 Å². The van der Waals surface area contributed by atoms with Gasteiger partial charge in [-0.2, -0.15) is 0 Å². The number of aliphatic carboxylic acids is 1. The number of carbonyl (C=O) groups is 1. The summed E-state index contributed by atoms with van der Waals surface area (Å²) in [4.78, 5) is 10.5. The van der Waals surface area contributed by atoms with Crippen LogP contribution in [0.5, 0.6) is 0 Å². The molecule has 1 aliphatic rings. The quantitative estimate of drug-likeness (QED) is 0.508. The van der Waals surface area contributed by atoms with E-state index in [1.165, 1.54) is 0 Å². The van der Waals surface area contributed by atoms with Crippen LogP contribution in [0, 0.1) is 0 Å². The second-order valence-corrected chi connectivity index (χ2v) is 4.09. The van der Waals surface area contributed by atoms with Crippen molar-refractivity contribution in [3.63, 3.8) is 0 Å². The van der Waals surface area contributed by atoms with Gasteiger partial charge in [-0.1, -0.05) is 12.9 Å². The molecule has 1 aromatic rings. The van der Waals surface area contributed by atoms with Gasteiger partial charge in [0.2, 0.25) is 0 Å². The first-order valence-corrected chi connectivity index (χ1v) is 5.57. The molecule has 0 bridgehead atoms. The van der Waals surface area contributed by atoms with E-state index >= 15 is 0 Å². The molecule has 92 valence electrons. The van der Waals surface area contributed by atoms with E-state index in [1.807, 2.05) is 25.0 Å². The summed E-state index contributed by atoms with van der Waals surface area (Å²) >= 11 is 0. The molecule has 0 saturated heterocycles. The van der Waals surface area contributed by atoms with Crippen molar-refractivity contribution in [2.24, 2.45) is 5.73 Å². The van der Waals surface area contributed by atoms with Gasteiger partial charge in [-0.05, 0) is 23.2 Å². The summed E-state index contributed by atoms with van der Waals surface area (Å²) in [6.45, 7) is 2.34. The molecule has 0 aliphatic carbocycles. The summed E-state index contributed by atoms with van der Waals surface area (Å²) in [7, 11) is 0. The molecule has 1 aromatic carbocycles. The fourth-order valence-corrected chi connectivity index (χ4v) is 2.08. The molecule has 5 nitrogen and oxygen atoms in total. The molecule has 1 unspecified atom stereocenters. The van der Waals surface area contributed by atoms with Crippen LogP contribution < -0.4 is 16.5 Å². The number of rotatable bonds is 4. The van der Waals surface area contributed by atoms with Crippen LogP contribution in [0.3, 0.4) is 0 Å². The second-order valence-electron chi connectivity index (χ2n) is 4.09. The van der Waals surface area contributed by atoms with Crippen molar-refractivity contribution in [3.8, 4) is 0 Å². The zero-order valence-corrected chi connectivity index (χ0v) is 16.7. The van der Waals surface area contributed by atoms with E-state index in [4.69, 9.17) is 15.5 Å². The summed E-state index contributed by atoms with van der Waals surface area (Å²) in [6.07, 6.45) is -0.0477. The number of carboxylic acids is 1. The molecule has 0 fully saturated rings. The van der Waals surface area contributed by atoms with Crippen molar-refractivity contribution in [2.45, 2.75) is 12.9 Å². The van der Waals surface area contributed by atoms with E-state index in [1.54, 1.807) is 0 Å². The van der Waals surface area contributed by atoms with Gasteiger partial charge in [0.15, 0.2) is 0 Å². The zero-order chi connectivity index (χ0) is 12.4. The Morgan fingerprint density at radius 2 is 2.33 bits per heavy atom. The molecule has 18 heavy (non-hydrogen) atoms. The van der Waals surface area contributed by atoms with Crippen molar-refractivity contribution in [1.29, 1.82) is 0 Å². The van der Waals surface area contributed by atoms with Gasteiger partial charge >= 0.3 is 12.9 Å². The third kappa shape index (κ3) is 2.41. The van der Waals surface area contributed by atoms with E-state index in [9.17, 15) is 4.79 Å². The van der Waals surface area contributed by atoms with Crippen molar-refractivity contribution < 1.29 is 14.6 Å². The predicted octanol–water partition coefficient (Wildman–Crippen LogP) is 0.0414. The Balaban J connectivity index is 0.00000162. The zero-order valence-electron chi connectivity index (χ0n) is 10.3. The molecule has 2 rings (SSSR count). The molecule has 7 heteroatoms. The minimum atomic E-state index is -0.880. The Labute approximate surface area is 100 Å². The molecule has 0 amide bonds. The van der Waals surface area contributed by atoms with E-state index in [2.05, 4.69) is 5.32 Å². The normalized spacial score (nSPS) is 17.0. The van der Waals surface area contributed by atoms with E-state index in [0.717, 1.165) is 16.7 Å². The van der Waals surface area contributed by atoms with E-state index < -0.39 is 5.97 Å². The maximum Gasteiger partial charge on any atom is 0.324 e. The van der Waals surface area contributed by atoms with Crippen LogP contribution >= 0.6 is 0 Å². The first-order chi connectivity index (χ1) is 8.11. The van der Waals surface area contributed by atoms with Crippen LogP contribution in [-0.2, 0) is 9.45 Å². The van der Waals surface area contributed by atoms with Crippen molar-refractivity contribution in [1.82, 2.24) is 0 Å². The minimum absolute atomic E-state index is 0. The molecule has 1 atom stereocenters.